The van der Waals surface area contributed by atoms with Gasteiger partial charge in [-0.3, -0.25) is 10.1 Å². The third kappa shape index (κ3) is 2.62. The van der Waals surface area contributed by atoms with Crippen LogP contribution in [0.1, 0.15) is 0 Å². The van der Waals surface area contributed by atoms with Gasteiger partial charge in [-0.05, 0) is 24.3 Å². The summed E-state index contributed by atoms with van der Waals surface area (Å²) in [6.07, 6.45) is 1.34. The van der Waals surface area contributed by atoms with Gasteiger partial charge in [0.2, 0.25) is 0 Å². The Labute approximate surface area is 118 Å². The van der Waals surface area contributed by atoms with Crippen molar-refractivity contribution in [1.82, 2.24) is 9.97 Å². The van der Waals surface area contributed by atoms with Crippen molar-refractivity contribution in [2.45, 2.75) is 0 Å². The van der Waals surface area contributed by atoms with E-state index in [1.807, 2.05) is 0 Å². The van der Waals surface area contributed by atoms with E-state index in [0.717, 1.165) is 0 Å². The summed E-state index contributed by atoms with van der Waals surface area (Å²) in [6, 6.07) is 10.2. The quantitative estimate of drug-likeness (QED) is 0.588. The molecule has 3 aromatic rings. The number of hydrogen-bond donors (Lipinski definition) is 1. The molecule has 0 amide bonds. The van der Waals surface area contributed by atoms with Gasteiger partial charge in [0.15, 0.2) is 0 Å². The molecule has 3 rings (SSSR count). The fraction of sp³-hybridized carbons (Fsp3) is 0. The molecule has 1 N–H and O–H groups in total. The molecular formula is C14H9FN4O2. The van der Waals surface area contributed by atoms with Crippen LogP contribution in [-0.2, 0) is 0 Å². The fourth-order valence-electron chi connectivity index (χ4n) is 1.96. The van der Waals surface area contributed by atoms with Crippen LogP contribution in [-0.4, -0.2) is 14.9 Å². The maximum atomic E-state index is 13.2. The zero-order valence-corrected chi connectivity index (χ0v) is 10.7. The van der Waals surface area contributed by atoms with Gasteiger partial charge in [-0.1, -0.05) is 6.07 Å². The van der Waals surface area contributed by atoms with Crippen LogP contribution in [0, 0.1) is 15.9 Å². The number of hydrogen-bond acceptors (Lipinski definition) is 5. The Morgan fingerprint density at radius 2 is 2.00 bits per heavy atom. The van der Waals surface area contributed by atoms with Crippen molar-refractivity contribution >= 4 is 28.1 Å². The highest BCUT2D eigenvalue weighted by Gasteiger charge is 2.11. The number of halogens is 1. The number of nitrogens with zero attached hydrogens (tertiary/aromatic N) is 3. The number of aromatic nitrogens is 2. The normalized spacial score (nSPS) is 10.5. The van der Waals surface area contributed by atoms with Gasteiger partial charge in [0.05, 0.1) is 10.4 Å². The molecule has 0 aliphatic heterocycles. The molecule has 0 fully saturated rings. The molecule has 0 aliphatic rings. The number of non-ortho nitro benzene ring substituents is 1. The van der Waals surface area contributed by atoms with Gasteiger partial charge in [-0.15, -0.1) is 0 Å². The summed E-state index contributed by atoms with van der Waals surface area (Å²) < 4.78 is 13.2. The van der Waals surface area contributed by atoms with Gasteiger partial charge in [-0.2, -0.15) is 0 Å². The molecule has 7 heteroatoms. The summed E-state index contributed by atoms with van der Waals surface area (Å²) in [5, 5.41) is 14.3. The van der Waals surface area contributed by atoms with Crippen LogP contribution >= 0.6 is 0 Å². The molecule has 21 heavy (non-hydrogen) atoms. The molecule has 0 radical (unpaired) electrons. The van der Waals surface area contributed by atoms with Crippen molar-refractivity contribution < 1.29 is 9.31 Å². The minimum absolute atomic E-state index is 0.0559. The highest BCUT2D eigenvalue weighted by atomic mass is 19.1. The van der Waals surface area contributed by atoms with E-state index in [4.69, 9.17) is 0 Å². The number of fused-ring (bicyclic) bond motifs is 1. The Balaban J connectivity index is 2.09. The Morgan fingerprint density at radius 3 is 2.76 bits per heavy atom. The van der Waals surface area contributed by atoms with Gasteiger partial charge in [-0.25, -0.2) is 14.4 Å². The lowest BCUT2D eigenvalue weighted by atomic mass is 10.2. The molecule has 0 unspecified atom stereocenters. The van der Waals surface area contributed by atoms with Crippen LogP contribution in [0.25, 0.3) is 10.9 Å². The minimum atomic E-state index is -0.488. The Bertz CT molecular complexity index is 838. The Hall–Kier alpha value is -3.09. The number of nitro benzene ring substituents is 1. The van der Waals surface area contributed by atoms with Crippen molar-refractivity contribution in [3.8, 4) is 0 Å². The number of benzene rings is 2. The van der Waals surface area contributed by atoms with Gasteiger partial charge in [0.25, 0.3) is 5.69 Å². The summed E-state index contributed by atoms with van der Waals surface area (Å²) in [7, 11) is 0. The SMILES string of the molecule is O=[N+]([O-])c1ccc2ncnc(Nc3cccc(F)c3)c2c1. The topological polar surface area (TPSA) is 81.0 Å². The van der Waals surface area contributed by atoms with E-state index in [1.165, 1.54) is 30.6 Å². The zero-order chi connectivity index (χ0) is 14.8. The first-order chi connectivity index (χ1) is 10.1. The molecule has 2 aromatic carbocycles. The monoisotopic (exact) mass is 284 g/mol. The smallest absolute Gasteiger partial charge is 0.270 e. The maximum absolute atomic E-state index is 13.2. The van der Waals surface area contributed by atoms with Gasteiger partial charge < -0.3 is 5.32 Å². The molecule has 104 valence electrons. The standard InChI is InChI=1S/C14H9FN4O2/c15-9-2-1-3-10(6-9)18-14-12-7-11(19(20)21)4-5-13(12)16-8-17-14/h1-8H,(H,16,17,18). The van der Waals surface area contributed by atoms with Gasteiger partial charge >= 0.3 is 0 Å². The van der Waals surface area contributed by atoms with E-state index < -0.39 is 4.92 Å². The van der Waals surface area contributed by atoms with Crippen LogP contribution in [0.5, 0.6) is 0 Å². The lowest BCUT2D eigenvalue weighted by Crippen LogP contribution is -1.97. The molecule has 0 saturated carbocycles. The van der Waals surface area contributed by atoms with Crippen molar-refractivity contribution in [3.63, 3.8) is 0 Å². The summed E-state index contributed by atoms with van der Waals surface area (Å²) in [5.74, 6) is -0.00126. The fourth-order valence-corrected chi connectivity index (χ4v) is 1.96. The predicted octanol–water partition coefficient (Wildman–Crippen LogP) is 3.42. The van der Waals surface area contributed by atoms with E-state index in [0.29, 0.717) is 22.4 Å². The highest BCUT2D eigenvalue weighted by Crippen LogP contribution is 2.26. The summed E-state index contributed by atoms with van der Waals surface area (Å²) >= 11 is 0. The van der Waals surface area contributed by atoms with Crippen molar-refractivity contribution in [1.29, 1.82) is 0 Å². The summed E-state index contributed by atoms with van der Waals surface area (Å²) in [6.45, 7) is 0. The van der Waals surface area contributed by atoms with Crippen molar-refractivity contribution in [2.75, 3.05) is 5.32 Å². The third-order valence-corrected chi connectivity index (χ3v) is 2.92. The second kappa shape index (κ2) is 5.12. The summed E-state index contributed by atoms with van der Waals surface area (Å²) in [5.41, 5.74) is 1.01. The second-order valence-electron chi connectivity index (χ2n) is 4.32. The molecule has 6 nitrogen and oxygen atoms in total. The van der Waals surface area contributed by atoms with Crippen LogP contribution in [0.2, 0.25) is 0 Å². The van der Waals surface area contributed by atoms with Crippen molar-refractivity contribution in [2.24, 2.45) is 0 Å². The maximum Gasteiger partial charge on any atom is 0.270 e. The molecule has 0 atom stereocenters. The third-order valence-electron chi connectivity index (χ3n) is 2.92. The Kier molecular flexibility index (Phi) is 3.15. The van der Waals surface area contributed by atoms with E-state index >= 15 is 0 Å². The first-order valence-electron chi connectivity index (χ1n) is 6.05. The lowest BCUT2D eigenvalue weighted by Gasteiger charge is -2.08. The van der Waals surface area contributed by atoms with E-state index in [2.05, 4.69) is 15.3 Å². The molecular weight excluding hydrogens is 275 g/mol. The van der Waals surface area contributed by atoms with Gasteiger partial charge in [0.1, 0.15) is 18.0 Å². The largest absolute Gasteiger partial charge is 0.340 e. The molecule has 1 heterocycles. The molecule has 0 spiro atoms. The predicted molar refractivity (Wildman–Crippen MR) is 75.9 cm³/mol. The number of anilines is 2. The Morgan fingerprint density at radius 1 is 1.14 bits per heavy atom. The van der Waals surface area contributed by atoms with E-state index in [1.54, 1.807) is 18.2 Å². The summed E-state index contributed by atoms with van der Waals surface area (Å²) in [4.78, 5) is 18.5. The van der Waals surface area contributed by atoms with Crippen LogP contribution < -0.4 is 5.32 Å². The number of nitro groups is 1. The highest BCUT2D eigenvalue weighted by molar-refractivity contribution is 5.92. The minimum Gasteiger partial charge on any atom is -0.340 e. The van der Waals surface area contributed by atoms with E-state index in [9.17, 15) is 14.5 Å². The molecule has 0 saturated heterocycles. The zero-order valence-electron chi connectivity index (χ0n) is 10.7. The average molecular weight is 284 g/mol. The molecule has 0 aliphatic carbocycles. The van der Waals surface area contributed by atoms with Gasteiger partial charge in [0, 0.05) is 23.2 Å². The molecule has 0 bridgehead atoms. The number of rotatable bonds is 3. The number of nitrogens with one attached hydrogen (secondary N) is 1. The first-order valence-corrected chi connectivity index (χ1v) is 6.05. The molecule has 1 aromatic heterocycles. The van der Waals surface area contributed by atoms with E-state index in [-0.39, 0.29) is 11.5 Å². The lowest BCUT2D eigenvalue weighted by molar-refractivity contribution is -0.384. The average Bonchev–Trinajstić information content (AvgIpc) is 2.47. The van der Waals surface area contributed by atoms with Crippen LogP contribution in [0.15, 0.2) is 48.8 Å². The van der Waals surface area contributed by atoms with Crippen LogP contribution in [0.3, 0.4) is 0 Å². The van der Waals surface area contributed by atoms with Crippen molar-refractivity contribution in [3.05, 3.63) is 64.7 Å². The van der Waals surface area contributed by atoms with Crippen LogP contribution in [0.4, 0.5) is 21.6 Å². The first kappa shape index (κ1) is 12.9. The second-order valence-corrected chi connectivity index (χ2v) is 4.32.